The number of ether oxygens (including phenoxy) is 1. The summed E-state index contributed by atoms with van der Waals surface area (Å²) in [6.07, 6.45) is 0. The Labute approximate surface area is 108 Å². The van der Waals surface area contributed by atoms with E-state index in [1.165, 1.54) is 0 Å². The zero-order valence-electron chi connectivity index (χ0n) is 11.2. The summed E-state index contributed by atoms with van der Waals surface area (Å²) in [4.78, 5) is 0. The number of rotatable bonds is 3. The fraction of sp³-hybridized carbons (Fsp3) is 0.375. The van der Waals surface area contributed by atoms with Gasteiger partial charge < -0.3 is 9.84 Å². The SMILES string of the molecule is CC(C)(C)COc1cc2ccccc2cc1CO. The number of aliphatic hydroxyl groups is 1. The van der Waals surface area contributed by atoms with Crippen LogP contribution in [0.15, 0.2) is 36.4 Å². The number of fused-ring (bicyclic) bond motifs is 1. The Morgan fingerprint density at radius 3 is 2.22 bits per heavy atom. The van der Waals surface area contributed by atoms with E-state index in [2.05, 4.69) is 26.8 Å². The molecule has 0 aromatic heterocycles. The number of benzene rings is 2. The summed E-state index contributed by atoms with van der Waals surface area (Å²) in [5.41, 5.74) is 0.955. The van der Waals surface area contributed by atoms with Gasteiger partial charge in [0.15, 0.2) is 0 Å². The van der Waals surface area contributed by atoms with Crippen LogP contribution in [0.25, 0.3) is 10.8 Å². The van der Waals surface area contributed by atoms with Crippen LogP contribution in [0.3, 0.4) is 0 Å². The molecule has 2 nitrogen and oxygen atoms in total. The molecule has 2 aromatic rings. The molecule has 2 heteroatoms. The van der Waals surface area contributed by atoms with Crippen LogP contribution in [-0.2, 0) is 6.61 Å². The van der Waals surface area contributed by atoms with Crippen molar-refractivity contribution in [2.24, 2.45) is 5.41 Å². The molecule has 0 saturated heterocycles. The Morgan fingerprint density at radius 2 is 1.67 bits per heavy atom. The summed E-state index contributed by atoms with van der Waals surface area (Å²) in [7, 11) is 0. The van der Waals surface area contributed by atoms with Crippen LogP contribution in [0.2, 0.25) is 0 Å². The first kappa shape index (κ1) is 12.9. The number of aliphatic hydroxyl groups excluding tert-OH is 1. The van der Waals surface area contributed by atoms with Gasteiger partial charge in [-0.3, -0.25) is 0 Å². The molecule has 2 rings (SSSR count). The topological polar surface area (TPSA) is 29.5 Å². The zero-order valence-corrected chi connectivity index (χ0v) is 11.2. The van der Waals surface area contributed by atoms with Gasteiger partial charge in [-0.05, 0) is 28.3 Å². The molecule has 0 fully saturated rings. The highest BCUT2D eigenvalue weighted by Gasteiger charge is 2.13. The molecule has 1 N–H and O–H groups in total. The van der Waals surface area contributed by atoms with Crippen molar-refractivity contribution in [3.05, 3.63) is 42.0 Å². The van der Waals surface area contributed by atoms with Crippen molar-refractivity contribution >= 4 is 10.8 Å². The van der Waals surface area contributed by atoms with Gasteiger partial charge in [-0.25, -0.2) is 0 Å². The third-order valence-corrected chi connectivity index (χ3v) is 2.76. The Morgan fingerprint density at radius 1 is 1.06 bits per heavy atom. The van der Waals surface area contributed by atoms with Crippen LogP contribution in [0.4, 0.5) is 0 Å². The van der Waals surface area contributed by atoms with Crippen LogP contribution < -0.4 is 4.74 Å². The third-order valence-electron chi connectivity index (χ3n) is 2.76. The molecule has 0 spiro atoms. The first-order chi connectivity index (χ1) is 8.49. The average Bonchev–Trinajstić information content (AvgIpc) is 2.34. The van der Waals surface area contributed by atoms with Gasteiger partial charge >= 0.3 is 0 Å². The quantitative estimate of drug-likeness (QED) is 0.890. The fourth-order valence-electron chi connectivity index (χ4n) is 1.82. The number of hydrogen-bond donors (Lipinski definition) is 1. The highest BCUT2D eigenvalue weighted by atomic mass is 16.5. The van der Waals surface area contributed by atoms with E-state index in [1.54, 1.807) is 0 Å². The van der Waals surface area contributed by atoms with Crippen molar-refractivity contribution in [2.45, 2.75) is 27.4 Å². The Bertz CT molecular complexity index is 538. The maximum atomic E-state index is 9.43. The van der Waals surface area contributed by atoms with Crippen molar-refractivity contribution in [1.29, 1.82) is 0 Å². The van der Waals surface area contributed by atoms with Gasteiger partial charge in [-0.15, -0.1) is 0 Å². The van der Waals surface area contributed by atoms with E-state index in [0.29, 0.717) is 6.61 Å². The Kier molecular flexibility index (Phi) is 3.58. The molecule has 0 aliphatic heterocycles. The molecule has 0 bridgehead atoms. The highest BCUT2D eigenvalue weighted by Crippen LogP contribution is 2.27. The molecule has 0 unspecified atom stereocenters. The summed E-state index contributed by atoms with van der Waals surface area (Å²) in [5, 5.41) is 11.7. The van der Waals surface area contributed by atoms with E-state index in [4.69, 9.17) is 4.74 Å². The summed E-state index contributed by atoms with van der Waals surface area (Å²) in [5.74, 6) is 0.783. The maximum absolute atomic E-state index is 9.43. The van der Waals surface area contributed by atoms with Crippen LogP contribution in [0, 0.1) is 5.41 Å². The summed E-state index contributed by atoms with van der Waals surface area (Å²) in [6.45, 7) is 7.04. The van der Waals surface area contributed by atoms with Crippen molar-refractivity contribution in [2.75, 3.05) is 6.61 Å². The van der Waals surface area contributed by atoms with Gasteiger partial charge in [0.1, 0.15) is 5.75 Å². The second-order valence-electron chi connectivity index (χ2n) is 5.81. The molecule has 0 saturated carbocycles. The van der Waals surface area contributed by atoms with Crippen LogP contribution in [0.1, 0.15) is 26.3 Å². The predicted molar refractivity (Wildman–Crippen MR) is 74.8 cm³/mol. The molecule has 0 aliphatic rings. The largest absolute Gasteiger partial charge is 0.493 e. The first-order valence-corrected chi connectivity index (χ1v) is 6.25. The van der Waals surface area contributed by atoms with E-state index in [1.807, 2.05) is 30.3 Å². The lowest BCUT2D eigenvalue weighted by atomic mass is 9.98. The van der Waals surface area contributed by atoms with Gasteiger partial charge in [0, 0.05) is 5.56 Å². The van der Waals surface area contributed by atoms with E-state index < -0.39 is 0 Å². The minimum absolute atomic E-state index is 0.00428. The minimum atomic E-state index is 0.00428. The molecular weight excluding hydrogens is 224 g/mol. The summed E-state index contributed by atoms with van der Waals surface area (Å²) >= 11 is 0. The van der Waals surface area contributed by atoms with Crippen LogP contribution >= 0.6 is 0 Å². The van der Waals surface area contributed by atoms with Gasteiger partial charge in [0.05, 0.1) is 13.2 Å². The van der Waals surface area contributed by atoms with Crippen LogP contribution in [-0.4, -0.2) is 11.7 Å². The standard InChI is InChI=1S/C16H20O2/c1-16(2,3)11-18-15-9-13-7-5-4-6-12(13)8-14(15)10-17/h4-9,17H,10-11H2,1-3H3. The Hall–Kier alpha value is -1.54. The molecule has 0 aliphatic carbocycles. The lowest BCUT2D eigenvalue weighted by Crippen LogP contribution is -2.17. The van der Waals surface area contributed by atoms with Crippen molar-refractivity contribution in [1.82, 2.24) is 0 Å². The molecule has 96 valence electrons. The molecule has 0 amide bonds. The van der Waals surface area contributed by atoms with E-state index in [-0.39, 0.29) is 12.0 Å². The van der Waals surface area contributed by atoms with Crippen molar-refractivity contribution in [3.8, 4) is 5.75 Å². The molecule has 18 heavy (non-hydrogen) atoms. The average molecular weight is 244 g/mol. The second kappa shape index (κ2) is 4.99. The maximum Gasteiger partial charge on any atom is 0.125 e. The fourth-order valence-corrected chi connectivity index (χ4v) is 1.82. The van der Waals surface area contributed by atoms with Gasteiger partial charge in [0.2, 0.25) is 0 Å². The monoisotopic (exact) mass is 244 g/mol. The van der Waals surface area contributed by atoms with Gasteiger partial charge in [0.25, 0.3) is 0 Å². The van der Waals surface area contributed by atoms with Gasteiger partial charge in [-0.2, -0.15) is 0 Å². The minimum Gasteiger partial charge on any atom is -0.493 e. The van der Waals surface area contributed by atoms with E-state index in [0.717, 1.165) is 22.1 Å². The van der Waals surface area contributed by atoms with Crippen molar-refractivity contribution < 1.29 is 9.84 Å². The smallest absolute Gasteiger partial charge is 0.125 e. The molecular formula is C16H20O2. The summed E-state index contributed by atoms with van der Waals surface area (Å²) < 4.78 is 5.84. The molecule has 2 aromatic carbocycles. The van der Waals surface area contributed by atoms with Crippen LogP contribution in [0.5, 0.6) is 5.75 Å². The predicted octanol–water partition coefficient (Wildman–Crippen LogP) is 3.76. The van der Waals surface area contributed by atoms with E-state index >= 15 is 0 Å². The number of hydrogen-bond acceptors (Lipinski definition) is 2. The highest BCUT2D eigenvalue weighted by molar-refractivity contribution is 5.84. The van der Waals surface area contributed by atoms with Crippen molar-refractivity contribution in [3.63, 3.8) is 0 Å². The molecule has 0 radical (unpaired) electrons. The molecule has 0 heterocycles. The molecule has 0 atom stereocenters. The lowest BCUT2D eigenvalue weighted by molar-refractivity contribution is 0.191. The summed E-state index contributed by atoms with van der Waals surface area (Å²) in [6, 6.07) is 12.1. The third kappa shape index (κ3) is 3.02. The Balaban J connectivity index is 2.36. The normalized spacial score (nSPS) is 11.8. The zero-order chi connectivity index (χ0) is 13.2. The second-order valence-corrected chi connectivity index (χ2v) is 5.81. The van der Waals surface area contributed by atoms with Gasteiger partial charge in [-0.1, -0.05) is 45.0 Å². The van der Waals surface area contributed by atoms with E-state index in [9.17, 15) is 5.11 Å². The first-order valence-electron chi connectivity index (χ1n) is 6.25. The lowest BCUT2D eigenvalue weighted by Gasteiger charge is -2.20.